The summed E-state index contributed by atoms with van der Waals surface area (Å²) in [4.78, 5) is 21.5. The monoisotopic (exact) mass is 530 g/mol. The summed E-state index contributed by atoms with van der Waals surface area (Å²) >= 11 is 12.9. The number of rotatable bonds is 6. The van der Waals surface area contributed by atoms with Gasteiger partial charge in [-0.3, -0.25) is 15.2 Å². The number of hydrazine groups is 1. The average Bonchev–Trinajstić information content (AvgIpc) is 3.35. The maximum atomic E-state index is 12.6. The Morgan fingerprint density at radius 3 is 2.46 bits per heavy atom. The normalized spacial score (nSPS) is 13.9. The van der Waals surface area contributed by atoms with Crippen LogP contribution in [0.1, 0.15) is 34.3 Å². The summed E-state index contributed by atoms with van der Waals surface area (Å²) in [5, 5.41) is 16.4. The third-order valence-electron chi connectivity index (χ3n) is 5.75. The molecule has 1 aliphatic heterocycles. The number of piperidine rings is 1. The lowest BCUT2D eigenvalue weighted by molar-refractivity contribution is 0.0946. The van der Waals surface area contributed by atoms with Crippen molar-refractivity contribution in [1.29, 1.82) is 0 Å². The Kier molecular flexibility index (Phi) is 7.99. The number of nitrogens with zero attached hydrogens (tertiary/aromatic N) is 6. The van der Waals surface area contributed by atoms with Crippen molar-refractivity contribution < 1.29 is 4.79 Å². The van der Waals surface area contributed by atoms with E-state index in [9.17, 15) is 4.79 Å². The zero-order chi connectivity index (χ0) is 24.9. The number of thiazole rings is 1. The Bertz CT molecular complexity index is 1160. The second kappa shape index (κ2) is 11.1. The molecule has 12 heteroatoms. The summed E-state index contributed by atoms with van der Waals surface area (Å²) in [5.74, 6) is 0.485. The number of halogens is 1. The van der Waals surface area contributed by atoms with Gasteiger partial charge in [0.25, 0.3) is 5.91 Å². The lowest BCUT2D eigenvalue weighted by atomic mass is 9.98. The van der Waals surface area contributed by atoms with E-state index in [4.69, 9.17) is 23.8 Å². The lowest BCUT2D eigenvalue weighted by Crippen LogP contribution is -2.40. The molecule has 35 heavy (non-hydrogen) atoms. The third kappa shape index (κ3) is 6.36. The molecular formula is C23H27ClN8OS2. The number of carbonyl (C=O) groups excluding carboxylic acids is 1. The smallest absolute Gasteiger partial charge is 0.289 e. The van der Waals surface area contributed by atoms with Gasteiger partial charge in [-0.05, 0) is 61.5 Å². The van der Waals surface area contributed by atoms with Gasteiger partial charge in [-0.2, -0.15) is 0 Å². The molecule has 1 aromatic carbocycles. The molecule has 3 heterocycles. The SMILES string of the molecule is CN(C)c1ccc(NC(=S)N2CCC(c3nc(C(=O)NN(C)c4ccc(Cl)nn4)cs3)CC2)cc1. The minimum Gasteiger partial charge on any atom is -0.378 e. The maximum absolute atomic E-state index is 12.6. The predicted octanol–water partition coefficient (Wildman–Crippen LogP) is 4.01. The summed E-state index contributed by atoms with van der Waals surface area (Å²) in [6, 6.07) is 11.5. The molecule has 1 aliphatic rings. The molecule has 4 rings (SSSR count). The molecule has 1 fully saturated rings. The highest BCUT2D eigenvalue weighted by Crippen LogP contribution is 2.30. The van der Waals surface area contributed by atoms with Crippen LogP contribution in [0.2, 0.25) is 5.15 Å². The highest BCUT2D eigenvalue weighted by molar-refractivity contribution is 7.80. The van der Waals surface area contributed by atoms with Crippen molar-refractivity contribution in [2.75, 3.05) is 49.5 Å². The summed E-state index contributed by atoms with van der Waals surface area (Å²) in [7, 11) is 5.72. The Morgan fingerprint density at radius 2 is 1.83 bits per heavy atom. The van der Waals surface area contributed by atoms with E-state index in [0.717, 1.165) is 47.4 Å². The van der Waals surface area contributed by atoms with E-state index in [1.807, 2.05) is 26.2 Å². The first kappa shape index (κ1) is 25.1. The van der Waals surface area contributed by atoms with Crippen LogP contribution >= 0.6 is 35.2 Å². The molecule has 0 bridgehead atoms. The standard InChI is InChI=1S/C23H27ClN8OS2/c1-30(2)17-6-4-16(5-7-17)25-23(34)32-12-10-15(11-13-32)22-26-18(14-35-22)21(33)29-31(3)20-9-8-19(24)27-28-20/h4-9,14-15H,10-13H2,1-3H3,(H,25,34)(H,29,33). The van der Waals surface area contributed by atoms with Gasteiger partial charge in [0.15, 0.2) is 16.1 Å². The number of thiocarbonyl (C=S) groups is 1. The zero-order valence-electron chi connectivity index (χ0n) is 19.7. The molecule has 0 radical (unpaired) electrons. The minimum absolute atomic E-state index is 0.291. The fourth-order valence-corrected chi connectivity index (χ4v) is 5.08. The van der Waals surface area contributed by atoms with Gasteiger partial charge in [0.1, 0.15) is 5.69 Å². The fraction of sp³-hybridized carbons (Fsp3) is 0.348. The Balaban J connectivity index is 1.28. The van der Waals surface area contributed by atoms with Gasteiger partial charge in [-0.25, -0.2) is 4.98 Å². The largest absolute Gasteiger partial charge is 0.378 e. The van der Waals surface area contributed by atoms with Gasteiger partial charge in [0.2, 0.25) is 0 Å². The summed E-state index contributed by atoms with van der Waals surface area (Å²) in [5.41, 5.74) is 5.27. The lowest BCUT2D eigenvalue weighted by Gasteiger charge is -2.33. The maximum Gasteiger partial charge on any atom is 0.289 e. The number of hydrogen-bond donors (Lipinski definition) is 2. The van der Waals surface area contributed by atoms with Crippen molar-refractivity contribution in [2.24, 2.45) is 0 Å². The van der Waals surface area contributed by atoms with Gasteiger partial charge < -0.3 is 15.1 Å². The molecule has 9 nitrogen and oxygen atoms in total. The highest BCUT2D eigenvalue weighted by Gasteiger charge is 2.25. The first-order valence-corrected chi connectivity index (χ1v) is 12.8. The van der Waals surface area contributed by atoms with Crippen molar-refractivity contribution in [3.05, 3.63) is 57.6 Å². The van der Waals surface area contributed by atoms with Crippen molar-refractivity contribution in [2.45, 2.75) is 18.8 Å². The summed E-state index contributed by atoms with van der Waals surface area (Å²) < 4.78 is 0. The molecule has 0 atom stereocenters. The number of hydrogen-bond acceptors (Lipinski definition) is 8. The molecule has 184 valence electrons. The van der Waals surface area contributed by atoms with Crippen LogP contribution in [-0.4, -0.2) is 65.3 Å². The Morgan fingerprint density at radius 1 is 1.11 bits per heavy atom. The van der Waals surface area contributed by atoms with E-state index in [2.05, 4.69) is 47.9 Å². The summed E-state index contributed by atoms with van der Waals surface area (Å²) in [6.45, 7) is 1.68. The molecule has 3 aromatic rings. The molecule has 2 aromatic heterocycles. The number of aromatic nitrogens is 3. The van der Waals surface area contributed by atoms with E-state index in [-0.39, 0.29) is 5.91 Å². The molecule has 0 aliphatic carbocycles. The van der Waals surface area contributed by atoms with Crippen LogP contribution < -0.4 is 20.7 Å². The van der Waals surface area contributed by atoms with E-state index < -0.39 is 0 Å². The number of likely N-dealkylation sites (tertiary alicyclic amines) is 1. The number of carbonyl (C=O) groups is 1. The number of amides is 1. The van der Waals surface area contributed by atoms with E-state index in [1.165, 1.54) is 16.3 Å². The molecule has 1 amide bonds. The summed E-state index contributed by atoms with van der Waals surface area (Å²) in [6.07, 6.45) is 1.85. The molecule has 1 saturated heterocycles. The van der Waals surface area contributed by atoms with Crippen LogP contribution in [-0.2, 0) is 0 Å². The van der Waals surface area contributed by atoms with Crippen molar-refractivity contribution in [3.8, 4) is 0 Å². The molecule has 0 saturated carbocycles. The van der Waals surface area contributed by atoms with Gasteiger partial charge >= 0.3 is 0 Å². The van der Waals surface area contributed by atoms with E-state index >= 15 is 0 Å². The van der Waals surface area contributed by atoms with Crippen molar-refractivity contribution in [3.63, 3.8) is 0 Å². The first-order valence-electron chi connectivity index (χ1n) is 11.1. The van der Waals surface area contributed by atoms with Crippen molar-refractivity contribution in [1.82, 2.24) is 25.5 Å². The second-order valence-corrected chi connectivity index (χ2v) is 10.1. The van der Waals surface area contributed by atoms with E-state index in [0.29, 0.717) is 22.6 Å². The van der Waals surface area contributed by atoms with Crippen LogP contribution in [0.3, 0.4) is 0 Å². The van der Waals surface area contributed by atoms with Gasteiger partial charge in [0, 0.05) is 56.9 Å². The van der Waals surface area contributed by atoms with Crippen LogP contribution in [0.15, 0.2) is 41.8 Å². The Hall–Kier alpha value is -3.02. The van der Waals surface area contributed by atoms with Crippen LogP contribution in [0.25, 0.3) is 0 Å². The van der Waals surface area contributed by atoms with Gasteiger partial charge in [-0.1, -0.05) is 11.6 Å². The van der Waals surface area contributed by atoms with Gasteiger partial charge in [-0.15, -0.1) is 21.5 Å². The first-order chi connectivity index (χ1) is 16.8. The second-order valence-electron chi connectivity index (χ2n) is 8.42. The number of nitrogens with one attached hydrogen (secondary N) is 2. The third-order valence-corrected chi connectivity index (χ3v) is 7.32. The number of anilines is 3. The van der Waals surface area contributed by atoms with E-state index in [1.54, 1.807) is 24.6 Å². The van der Waals surface area contributed by atoms with Crippen LogP contribution in [0, 0.1) is 0 Å². The van der Waals surface area contributed by atoms with Gasteiger partial charge in [0.05, 0.1) is 5.01 Å². The Labute approximate surface area is 219 Å². The fourth-order valence-electron chi connectivity index (χ4n) is 3.71. The van der Waals surface area contributed by atoms with Crippen LogP contribution in [0.5, 0.6) is 0 Å². The number of benzene rings is 1. The quantitative estimate of drug-likeness (QED) is 0.362. The molecular weight excluding hydrogens is 504 g/mol. The predicted molar refractivity (Wildman–Crippen MR) is 146 cm³/mol. The molecule has 0 unspecified atom stereocenters. The molecule has 0 spiro atoms. The van der Waals surface area contributed by atoms with Crippen molar-refractivity contribution >= 4 is 63.4 Å². The zero-order valence-corrected chi connectivity index (χ0v) is 22.1. The van der Waals surface area contributed by atoms with Crippen LogP contribution in [0.4, 0.5) is 17.2 Å². The average molecular weight is 531 g/mol. The minimum atomic E-state index is -0.296. The molecule has 2 N–H and O–H groups in total. The highest BCUT2D eigenvalue weighted by atomic mass is 35.5. The topological polar surface area (TPSA) is 89.5 Å².